The van der Waals surface area contributed by atoms with E-state index in [-0.39, 0.29) is 24.7 Å². The van der Waals surface area contributed by atoms with Crippen LogP contribution in [0.1, 0.15) is 11.1 Å². The Morgan fingerprint density at radius 2 is 1.68 bits per heavy atom. The lowest BCUT2D eigenvalue weighted by Gasteiger charge is -2.24. The van der Waals surface area contributed by atoms with E-state index in [9.17, 15) is 9.59 Å². The van der Waals surface area contributed by atoms with Gasteiger partial charge in [-0.2, -0.15) is 0 Å². The first-order valence-electron chi connectivity index (χ1n) is 11.8. The van der Waals surface area contributed by atoms with Gasteiger partial charge in [-0.1, -0.05) is 24.3 Å². The highest BCUT2D eigenvalue weighted by molar-refractivity contribution is 5.91. The van der Waals surface area contributed by atoms with Gasteiger partial charge in [-0.05, 0) is 42.0 Å². The van der Waals surface area contributed by atoms with Gasteiger partial charge in [0.25, 0.3) is 5.56 Å². The van der Waals surface area contributed by atoms with Gasteiger partial charge in [-0.25, -0.2) is 4.79 Å². The van der Waals surface area contributed by atoms with E-state index in [1.165, 1.54) is 0 Å². The van der Waals surface area contributed by atoms with Crippen LogP contribution >= 0.6 is 0 Å². The Labute approximate surface area is 213 Å². The molecule has 9 heteroatoms. The van der Waals surface area contributed by atoms with Gasteiger partial charge in [-0.3, -0.25) is 4.79 Å². The van der Waals surface area contributed by atoms with E-state index < -0.39 is 0 Å². The molecule has 190 valence electrons. The number of nitrogens with one attached hydrogen (secondary N) is 2. The monoisotopic (exact) mass is 501 g/mol. The number of fused-ring (bicyclic) bond motifs is 2. The number of carbonyl (C=O) groups is 1. The first-order valence-corrected chi connectivity index (χ1v) is 11.8. The fraction of sp³-hybridized carbons (Fsp3) is 0.214. The van der Waals surface area contributed by atoms with Crippen LogP contribution in [0.25, 0.3) is 10.9 Å². The van der Waals surface area contributed by atoms with Crippen LogP contribution in [0, 0.1) is 0 Å². The molecule has 0 saturated heterocycles. The molecular formula is C28H27N3O6. The number of anilines is 1. The molecule has 0 fully saturated rings. The summed E-state index contributed by atoms with van der Waals surface area (Å²) in [6.45, 7) is 1.27. The summed E-state index contributed by atoms with van der Waals surface area (Å²) in [4.78, 5) is 31.0. The van der Waals surface area contributed by atoms with Gasteiger partial charge in [0, 0.05) is 23.6 Å². The van der Waals surface area contributed by atoms with E-state index in [0.717, 1.165) is 10.9 Å². The fourth-order valence-corrected chi connectivity index (χ4v) is 4.20. The third-order valence-electron chi connectivity index (χ3n) is 6.11. The van der Waals surface area contributed by atoms with Crippen molar-refractivity contribution < 1.29 is 23.7 Å². The van der Waals surface area contributed by atoms with Gasteiger partial charge >= 0.3 is 6.03 Å². The van der Waals surface area contributed by atoms with Crippen molar-refractivity contribution in [3.63, 3.8) is 0 Å². The molecule has 0 spiro atoms. The SMILES string of the molecule is COc1ccc(CN(Cc2cc3cc4c(cc3[nH]c2=O)OCCO4)C(=O)Nc2ccccc2OC)cc1. The van der Waals surface area contributed by atoms with Crippen LogP contribution in [0.3, 0.4) is 0 Å². The van der Waals surface area contributed by atoms with Crippen molar-refractivity contribution >= 4 is 22.6 Å². The maximum Gasteiger partial charge on any atom is 0.322 e. The van der Waals surface area contributed by atoms with E-state index in [1.807, 2.05) is 42.5 Å². The van der Waals surface area contributed by atoms with Crippen molar-refractivity contribution in [2.75, 3.05) is 32.8 Å². The highest BCUT2D eigenvalue weighted by atomic mass is 16.6. The molecule has 0 radical (unpaired) electrons. The number of rotatable bonds is 7. The number of ether oxygens (including phenoxy) is 4. The normalized spacial score (nSPS) is 12.2. The Bertz CT molecular complexity index is 1480. The van der Waals surface area contributed by atoms with Gasteiger partial charge in [-0.15, -0.1) is 0 Å². The van der Waals surface area contributed by atoms with Gasteiger partial charge < -0.3 is 34.1 Å². The molecule has 9 nitrogen and oxygen atoms in total. The van der Waals surface area contributed by atoms with E-state index in [2.05, 4.69) is 10.3 Å². The third kappa shape index (κ3) is 5.30. The largest absolute Gasteiger partial charge is 0.497 e. The quantitative estimate of drug-likeness (QED) is 0.385. The number of aromatic nitrogens is 1. The van der Waals surface area contributed by atoms with Gasteiger partial charge in [0.15, 0.2) is 11.5 Å². The number of hydrogen-bond acceptors (Lipinski definition) is 6. The first-order chi connectivity index (χ1) is 18.0. The standard InChI is InChI=1S/C28H27N3O6/c1-34-21-9-7-18(8-10-21)16-31(28(33)30-22-5-3-4-6-24(22)35-2)17-20-13-19-14-25-26(37-12-11-36-25)15-23(19)29-27(20)32/h3-10,13-15H,11-12,16-17H2,1-2H3,(H,29,32)(H,30,33). The van der Waals surface area contributed by atoms with Gasteiger partial charge in [0.1, 0.15) is 24.7 Å². The first kappa shape index (κ1) is 24.1. The maximum atomic E-state index is 13.5. The van der Waals surface area contributed by atoms with Crippen molar-refractivity contribution in [2.24, 2.45) is 0 Å². The minimum Gasteiger partial charge on any atom is -0.497 e. The lowest BCUT2D eigenvalue weighted by atomic mass is 10.1. The molecule has 0 bridgehead atoms. The molecule has 1 aliphatic rings. The molecule has 0 aliphatic carbocycles. The molecule has 1 aliphatic heterocycles. The number of hydrogen-bond donors (Lipinski definition) is 2. The molecule has 0 unspecified atom stereocenters. The highest BCUT2D eigenvalue weighted by Crippen LogP contribution is 2.34. The summed E-state index contributed by atoms with van der Waals surface area (Å²) in [5.41, 5.74) is 2.21. The van der Waals surface area contributed by atoms with Gasteiger partial charge in [0.05, 0.1) is 32.0 Å². The number of aromatic amines is 1. The Balaban J connectivity index is 1.47. The minimum absolute atomic E-state index is 0.0761. The Morgan fingerprint density at radius 3 is 2.41 bits per heavy atom. The number of carbonyl (C=O) groups excluding carboxylic acids is 1. The second-order valence-corrected chi connectivity index (χ2v) is 8.54. The fourth-order valence-electron chi connectivity index (χ4n) is 4.20. The molecule has 37 heavy (non-hydrogen) atoms. The zero-order valence-electron chi connectivity index (χ0n) is 20.6. The Morgan fingerprint density at radius 1 is 0.946 bits per heavy atom. The maximum absolute atomic E-state index is 13.5. The summed E-state index contributed by atoms with van der Waals surface area (Å²) in [5, 5.41) is 3.70. The van der Waals surface area contributed by atoms with Crippen molar-refractivity contribution in [2.45, 2.75) is 13.1 Å². The number of para-hydroxylation sites is 2. The van der Waals surface area contributed by atoms with Crippen LogP contribution in [0.2, 0.25) is 0 Å². The molecule has 0 saturated carbocycles. The van der Waals surface area contributed by atoms with Crippen LogP contribution in [-0.4, -0.2) is 43.3 Å². The van der Waals surface area contributed by atoms with E-state index in [1.54, 1.807) is 43.4 Å². The molecule has 0 atom stereocenters. The highest BCUT2D eigenvalue weighted by Gasteiger charge is 2.20. The lowest BCUT2D eigenvalue weighted by molar-refractivity contribution is 0.172. The second-order valence-electron chi connectivity index (χ2n) is 8.54. The second kappa shape index (κ2) is 10.5. The number of H-pyrrole nitrogens is 1. The van der Waals surface area contributed by atoms with E-state index >= 15 is 0 Å². The number of methoxy groups -OCH3 is 2. The molecule has 3 aromatic carbocycles. The van der Waals surface area contributed by atoms with Crippen molar-refractivity contribution in [3.05, 3.63) is 88.2 Å². The lowest BCUT2D eigenvalue weighted by Crippen LogP contribution is -2.35. The van der Waals surface area contributed by atoms with Crippen molar-refractivity contribution in [1.82, 2.24) is 9.88 Å². The number of benzene rings is 3. The predicted molar refractivity (Wildman–Crippen MR) is 140 cm³/mol. The number of nitrogens with zero attached hydrogens (tertiary/aromatic N) is 1. The molecule has 2 N–H and O–H groups in total. The molecule has 2 amide bonds. The molecule has 2 heterocycles. The number of pyridine rings is 1. The van der Waals surface area contributed by atoms with Crippen molar-refractivity contribution in [3.8, 4) is 23.0 Å². The average molecular weight is 502 g/mol. The summed E-state index contributed by atoms with van der Waals surface area (Å²) >= 11 is 0. The van der Waals surface area contributed by atoms with E-state index in [4.69, 9.17) is 18.9 Å². The topological polar surface area (TPSA) is 102 Å². The number of urea groups is 1. The van der Waals surface area contributed by atoms with Crippen LogP contribution in [0.5, 0.6) is 23.0 Å². The summed E-state index contributed by atoms with van der Waals surface area (Å²) in [7, 11) is 3.14. The predicted octanol–water partition coefficient (Wildman–Crippen LogP) is 4.55. The smallest absolute Gasteiger partial charge is 0.322 e. The molecule has 1 aromatic heterocycles. The Kier molecular flexibility index (Phi) is 6.85. The molecular weight excluding hydrogens is 474 g/mol. The van der Waals surface area contributed by atoms with Crippen LogP contribution in [-0.2, 0) is 13.1 Å². The molecule has 4 aromatic rings. The Hall–Kier alpha value is -4.66. The minimum atomic E-state index is -0.373. The molecule has 5 rings (SSSR count). The summed E-state index contributed by atoms with van der Waals surface area (Å²) in [6, 6.07) is 19.6. The third-order valence-corrected chi connectivity index (χ3v) is 6.11. The zero-order valence-corrected chi connectivity index (χ0v) is 20.6. The van der Waals surface area contributed by atoms with Crippen molar-refractivity contribution in [1.29, 1.82) is 0 Å². The summed E-state index contributed by atoms with van der Waals surface area (Å²) in [6.07, 6.45) is 0. The van der Waals surface area contributed by atoms with Gasteiger partial charge in [0.2, 0.25) is 0 Å². The number of amides is 2. The van der Waals surface area contributed by atoms with Crippen LogP contribution < -0.4 is 29.8 Å². The summed E-state index contributed by atoms with van der Waals surface area (Å²) < 4.78 is 21.9. The van der Waals surface area contributed by atoms with Crippen LogP contribution in [0.4, 0.5) is 10.5 Å². The average Bonchev–Trinajstić information content (AvgIpc) is 2.92. The summed E-state index contributed by atoms with van der Waals surface area (Å²) in [5.74, 6) is 2.48. The zero-order chi connectivity index (χ0) is 25.8. The van der Waals surface area contributed by atoms with E-state index in [0.29, 0.717) is 53.0 Å². The van der Waals surface area contributed by atoms with Crippen LogP contribution in [0.15, 0.2) is 71.5 Å².